The number of amides is 5. The van der Waals surface area contributed by atoms with E-state index < -0.39 is 47.3 Å². The third kappa shape index (κ3) is 14.8. The number of likely N-dealkylation sites (tertiary alicyclic amines) is 1. The number of nitrogens with two attached hydrogens (primary N) is 1. The predicted octanol–water partition coefficient (Wildman–Crippen LogP) is 1.85. The zero-order valence-corrected chi connectivity index (χ0v) is 34.1. The Bertz CT molecular complexity index is 1550. The van der Waals surface area contributed by atoms with Crippen molar-refractivity contribution in [3.05, 3.63) is 71.8 Å². The second kappa shape index (κ2) is 23.8. The summed E-state index contributed by atoms with van der Waals surface area (Å²) in [5, 5.41) is 15.1. The van der Waals surface area contributed by atoms with Crippen LogP contribution in [0.2, 0.25) is 0 Å². The Balaban J connectivity index is 1.43. The van der Waals surface area contributed by atoms with Gasteiger partial charge in [0.15, 0.2) is 0 Å². The van der Waals surface area contributed by atoms with Crippen LogP contribution in [0.5, 0.6) is 0 Å². The molecule has 4 atom stereocenters. The molecule has 57 heavy (non-hydrogen) atoms. The maximum absolute atomic E-state index is 14.2. The third-order valence-electron chi connectivity index (χ3n) is 10.9. The predicted molar refractivity (Wildman–Crippen MR) is 219 cm³/mol. The fraction of sp³-hybridized carbons (Fsp3) is 0.605. The zero-order valence-electron chi connectivity index (χ0n) is 34.1. The standard InChI is InChI=1S/C43H65N7O7/c1-31(2)28-36(49-40(53)37(30-33-14-8-5-9-15-33)48-38(51)34(44)29-32-12-6-4-7-13-32)39(52)47-35(16-10-11-20-45-22-25-57-27-26-56-3)41(54)50-23-18-43(19-24-50)17-21-46-42(43)55/h4-9,12-15,31,34-37,45H,10-11,16-30,44H2,1-3H3,(H,46,55)(H,47,52)(H,48,51)(H,49,53)/t34-,35-,36-,37-/m1/s1. The van der Waals surface area contributed by atoms with Crippen LogP contribution in [0.25, 0.3) is 0 Å². The first-order valence-electron chi connectivity index (χ1n) is 20.6. The number of hydrogen-bond acceptors (Lipinski definition) is 9. The molecule has 14 nitrogen and oxygen atoms in total. The van der Waals surface area contributed by atoms with Gasteiger partial charge in [-0.05, 0) is 75.0 Å². The summed E-state index contributed by atoms with van der Waals surface area (Å²) in [7, 11) is 1.63. The number of ether oxygens (including phenoxy) is 2. The van der Waals surface area contributed by atoms with Gasteiger partial charge in [-0.3, -0.25) is 24.0 Å². The van der Waals surface area contributed by atoms with Gasteiger partial charge in [-0.15, -0.1) is 0 Å². The second-order valence-electron chi connectivity index (χ2n) is 15.8. The van der Waals surface area contributed by atoms with Crippen LogP contribution >= 0.6 is 0 Å². The van der Waals surface area contributed by atoms with E-state index in [1.165, 1.54) is 0 Å². The summed E-state index contributed by atoms with van der Waals surface area (Å²) in [5.41, 5.74) is 7.61. The number of nitrogens with zero attached hydrogens (tertiary/aromatic N) is 1. The van der Waals surface area contributed by atoms with Crippen molar-refractivity contribution in [2.24, 2.45) is 17.1 Å². The molecule has 2 aromatic rings. The summed E-state index contributed by atoms with van der Waals surface area (Å²) in [6, 6.07) is 15.1. The van der Waals surface area contributed by atoms with Crippen LogP contribution in [0, 0.1) is 11.3 Å². The van der Waals surface area contributed by atoms with Crippen molar-refractivity contribution in [2.75, 3.05) is 59.7 Å². The molecule has 0 aromatic heterocycles. The topological polar surface area (TPSA) is 193 Å². The van der Waals surface area contributed by atoms with Crippen LogP contribution in [-0.4, -0.2) is 118 Å². The second-order valence-corrected chi connectivity index (χ2v) is 15.8. The first-order valence-corrected chi connectivity index (χ1v) is 20.6. The van der Waals surface area contributed by atoms with Crippen LogP contribution in [0.1, 0.15) is 69.9 Å². The highest BCUT2D eigenvalue weighted by molar-refractivity contribution is 5.95. The maximum atomic E-state index is 14.2. The minimum Gasteiger partial charge on any atom is -0.382 e. The van der Waals surface area contributed by atoms with Crippen molar-refractivity contribution in [3.63, 3.8) is 0 Å². The quantitative estimate of drug-likeness (QED) is 0.0862. The van der Waals surface area contributed by atoms with Gasteiger partial charge >= 0.3 is 0 Å². The minimum atomic E-state index is -1.01. The van der Waals surface area contributed by atoms with E-state index in [-0.39, 0.29) is 24.2 Å². The normalized spacial score (nSPS) is 17.1. The van der Waals surface area contributed by atoms with Gasteiger partial charge in [0, 0.05) is 39.7 Å². The summed E-state index contributed by atoms with van der Waals surface area (Å²) in [5.74, 6) is -1.56. The van der Waals surface area contributed by atoms with Gasteiger partial charge in [0.05, 0.1) is 31.3 Å². The lowest BCUT2D eigenvalue weighted by Crippen LogP contribution is -2.59. The summed E-state index contributed by atoms with van der Waals surface area (Å²) >= 11 is 0. The van der Waals surface area contributed by atoms with Gasteiger partial charge in [-0.2, -0.15) is 0 Å². The lowest BCUT2D eigenvalue weighted by molar-refractivity contribution is -0.142. The summed E-state index contributed by atoms with van der Waals surface area (Å²) in [6.45, 7) is 8.49. The number of rotatable bonds is 24. The molecule has 1 spiro atoms. The molecule has 2 saturated heterocycles. The number of hydrogen-bond donors (Lipinski definition) is 6. The number of methoxy groups -OCH3 is 1. The van der Waals surface area contributed by atoms with Gasteiger partial charge in [0.1, 0.15) is 18.1 Å². The monoisotopic (exact) mass is 791 g/mol. The van der Waals surface area contributed by atoms with E-state index in [0.29, 0.717) is 84.5 Å². The van der Waals surface area contributed by atoms with Gasteiger partial charge in [-0.25, -0.2) is 0 Å². The summed E-state index contributed by atoms with van der Waals surface area (Å²) in [4.78, 5) is 70.1. The van der Waals surface area contributed by atoms with Crippen molar-refractivity contribution in [1.29, 1.82) is 0 Å². The number of piperidine rings is 1. The van der Waals surface area contributed by atoms with Crippen molar-refractivity contribution >= 4 is 29.5 Å². The fourth-order valence-electron chi connectivity index (χ4n) is 7.48. The molecule has 0 saturated carbocycles. The summed E-state index contributed by atoms with van der Waals surface area (Å²) < 4.78 is 10.5. The number of carbonyl (C=O) groups excluding carboxylic acids is 5. The van der Waals surface area contributed by atoms with Crippen molar-refractivity contribution in [2.45, 2.75) is 95.8 Å². The van der Waals surface area contributed by atoms with E-state index >= 15 is 0 Å². The van der Waals surface area contributed by atoms with E-state index in [9.17, 15) is 24.0 Å². The molecule has 14 heteroatoms. The number of unbranched alkanes of at least 4 members (excludes halogenated alkanes) is 1. The van der Waals surface area contributed by atoms with Crippen LogP contribution < -0.4 is 32.3 Å². The SMILES string of the molecule is COCCOCCNCCCC[C@@H](NC(=O)[C@@H](CC(C)C)NC(=O)[C@@H](Cc1ccccc1)NC(=O)[C@H](N)Cc1ccccc1)C(=O)N1CCC2(CCNC2=O)CC1. The molecule has 0 radical (unpaired) electrons. The van der Waals surface area contributed by atoms with Crippen molar-refractivity contribution in [3.8, 4) is 0 Å². The smallest absolute Gasteiger partial charge is 0.245 e. The highest BCUT2D eigenvalue weighted by Crippen LogP contribution is 2.38. The zero-order chi connectivity index (χ0) is 41.0. The Morgan fingerprint density at radius 2 is 1.39 bits per heavy atom. The fourth-order valence-corrected chi connectivity index (χ4v) is 7.48. The van der Waals surface area contributed by atoms with Gasteiger partial charge in [0.2, 0.25) is 29.5 Å². The molecule has 0 unspecified atom stereocenters. The number of carbonyl (C=O) groups is 5. The van der Waals surface area contributed by atoms with Crippen LogP contribution in [0.3, 0.4) is 0 Å². The largest absolute Gasteiger partial charge is 0.382 e. The number of benzene rings is 2. The molecule has 0 bridgehead atoms. The molecule has 2 heterocycles. The Labute approximate surface area is 338 Å². The summed E-state index contributed by atoms with van der Waals surface area (Å²) in [6.07, 6.45) is 4.58. The van der Waals surface area contributed by atoms with Gasteiger partial charge in [-0.1, -0.05) is 74.5 Å². The molecule has 2 aliphatic heterocycles. The molecule has 7 N–H and O–H groups in total. The van der Waals surface area contributed by atoms with E-state index in [1.54, 1.807) is 12.0 Å². The van der Waals surface area contributed by atoms with Gasteiger partial charge in [0.25, 0.3) is 0 Å². The lowest BCUT2D eigenvalue weighted by atomic mass is 9.77. The molecule has 5 amide bonds. The Hall–Kier alpha value is -4.37. The third-order valence-corrected chi connectivity index (χ3v) is 10.9. The molecular weight excluding hydrogens is 727 g/mol. The molecule has 2 aromatic carbocycles. The maximum Gasteiger partial charge on any atom is 0.245 e. The average Bonchev–Trinajstić information content (AvgIpc) is 3.56. The molecule has 2 aliphatic rings. The Morgan fingerprint density at radius 1 is 0.772 bits per heavy atom. The number of nitrogens with one attached hydrogen (secondary N) is 5. The Kier molecular flexibility index (Phi) is 18.9. The highest BCUT2D eigenvalue weighted by atomic mass is 16.5. The van der Waals surface area contributed by atoms with Crippen molar-refractivity contribution in [1.82, 2.24) is 31.5 Å². The van der Waals surface area contributed by atoms with E-state index in [4.69, 9.17) is 15.2 Å². The van der Waals surface area contributed by atoms with Crippen LogP contribution in [0.15, 0.2) is 60.7 Å². The van der Waals surface area contributed by atoms with E-state index in [2.05, 4.69) is 26.6 Å². The molecule has 2 fully saturated rings. The first-order chi connectivity index (χ1) is 27.5. The highest BCUT2D eigenvalue weighted by Gasteiger charge is 2.45. The molecule has 314 valence electrons. The van der Waals surface area contributed by atoms with E-state index in [0.717, 1.165) is 30.5 Å². The van der Waals surface area contributed by atoms with Crippen molar-refractivity contribution < 1.29 is 33.4 Å². The molecule has 0 aliphatic carbocycles. The minimum absolute atomic E-state index is 0.0251. The van der Waals surface area contributed by atoms with Crippen LogP contribution in [0.4, 0.5) is 0 Å². The first kappa shape index (κ1) is 45.3. The van der Waals surface area contributed by atoms with Gasteiger partial charge < -0.3 is 46.7 Å². The Morgan fingerprint density at radius 3 is 2.00 bits per heavy atom. The average molecular weight is 792 g/mol. The van der Waals surface area contributed by atoms with Crippen LogP contribution in [-0.2, 0) is 46.3 Å². The lowest BCUT2D eigenvalue weighted by Gasteiger charge is -2.39. The molecule has 4 rings (SSSR count). The molecular formula is C43H65N7O7. The van der Waals surface area contributed by atoms with E-state index in [1.807, 2.05) is 74.5 Å².